The molecule has 1 saturated heterocycles. The molecular formula is C22H22N2O4. The lowest BCUT2D eigenvalue weighted by molar-refractivity contribution is 0.0764. The number of likely N-dealkylation sites (tertiary alicyclic amines) is 1. The van der Waals surface area contributed by atoms with Gasteiger partial charge in [0.1, 0.15) is 11.5 Å². The number of aliphatic hydroxyl groups is 1. The number of carbonyl (C=O) groups excluding carboxylic acids is 1. The van der Waals surface area contributed by atoms with E-state index in [1.54, 1.807) is 23.1 Å². The molecule has 0 bridgehead atoms. The zero-order valence-electron chi connectivity index (χ0n) is 15.6. The van der Waals surface area contributed by atoms with Gasteiger partial charge in [0.05, 0.1) is 11.8 Å². The molecule has 6 heteroatoms. The Morgan fingerprint density at radius 3 is 2.64 bits per heavy atom. The molecule has 0 unspecified atom stereocenters. The van der Waals surface area contributed by atoms with E-state index in [9.17, 15) is 15.0 Å². The quantitative estimate of drug-likeness (QED) is 0.729. The van der Waals surface area contributed by atoms with Gasteiger partial charge in [0.25, 0.3) is 5.91 Å². The number of nitrogens with zero attached hydrogens (tertiary/aromatic N) is 2. The fourth-order valence-corrected chi connectivity index (χ4v) is 3.66. The summed E-state index contributed by atoms with van der Waals surface area (Å²) in [6.45, 7) is 2.64. The summed E-state index contributed by atoms with van der Waals surface area (Å²) < 4.78 is 5.25. The minimum absolute atomic E-state index is 0.0726. The van der Waals surface area contributed by atoms with Crippen molar-refractivity contribution in [3.05, 3.63) is 71.6 Å². The van der Waals surface area contributed by atoms with E-state index < -0.39 is 6.10 Å². The molecule has 2 heterocycles. The zero-order chi connectivity index (χ0) is 19.7. The summed E-state index contributed by atoms with van der Waals surface area (Å²) in [7, 11) is 0. The maximum atomic E-state index is 13.0. The van der Waals surface area contributed by atoms with Gasteiger partial charge in [-0.25, -0.2) is 0 Å². The van der Waals surface area contributed by atoms with E-state index in [0.29, 0.717) is 25.1 Å². The molecular weight excluding hydrogens is 356 g/mol. The number of phenolic OH excluding ortho intramolecular Hbond substituents is 1. The maximum absolute atomic E-state index is 13.0. The van der Waals surface area contributed by atoms with Crippen LogP contribution in [0.4, 0.5) is 0 Å². The van der Waals surface area contributed by atoms with Crippen LogP contribution in [0.25, 0.3) is 11.1 Å². The van der Waals surface area contributed by atoms with Crippen LogP contribution in [0, 0.1) is 12.8 Å². The summed E-state index contributed by atoms with van der Waals surface area (Å²) in [6, 6.07) is 16.1. The number of amides is 1. The van der Waals surface area contributed by atoms with Crippen LogP contribution < -0.4 is 0 Å². The highest BCUT2D eigenvalue weighted by Gasteiger charge is 2.35. The number of β-amino-alcohol motifs (C(OH)–C–C–N with tert-alkyl or cyclic N) is 1. The third-order valence-corrected chi connectivity index (χ3v) is 5.14. The number of aryl methyl sites for hydroxylation is 1. The molecule has 2 aromatic carbocycles. The average Bonchev–Trinajstić information content (AvgIpc) is 3.27. The first-order chi connectivity index (χ1) is 13.5. The summed E-state index contributed by atoms with van der Waals surface area (Å²) in [5.74, 6) is 0.757. The Labute approximate surface area is 163 Å². The van der Waals surface area contributed by atoms with Gasteiger partial charge in [-0.2, -0.15) is 0 Å². The van der Waals surface area contributed by atoms with Gasteiger partial charge in [-0.3, -0.25) is 4.79 Å². The van der Waals surface area contributed by atoms with Crippen LogP contribution >= 0.6 is 0 Å². The largest absolute Gasteiger partial charge is 0.508 e. The number of phenols is 1. The molecule has 0 saturated carbocycles. The van der Waals surface area contributed by atoms with Crippen LogP contribution in [-0.4, -0.2) is 45.4 Å². The first-order valence-electron chi connectivity index (χ1n) is 9.28. The molecule has 0 radical (unpaired) electrons. The molecule has 1 aromatic heterocycles. The fourth-order valence-electron chi connectivity index (χ4n) is 3.66. The van der Waals surface area contributed by atoms with Crippen LogP contribution in [0.5, 0.6) is 5.75 Å². The molecule has 1 amide bonds. The van der Waals surface area contributed by atoms with Crippen LogP contribution in [-0.2, 0) is 6.42 Å². The number of benzene rings is 2. The van der Waals surface area contributed by atoms with Crippen LogP contribution in [0.3, 0.4) is 0 Å². The highest BCUT2D eigenvalue weighted by atomic mass is 16.5. The van der Waals surface area contributed by atoms with Gasteiger partial charge < -0.3 is 19.6 Å². The predicted octanol–water partition coefficient (Wildman–Crippen LogP) is 3.03. The highest BCUT2D eigenvalue weighted by molar-refractivity contribution is 5.95. The number of rotatable bonds is 4. The van der Waals surface area contributed by atoms with Crippen molar-refractivity contribution in [2.24, 2.45) is 5.92 Å². The summed E-state index contributed by atoms with van der Waals surface area (Å²) >= 11 is 0. The number of carbonyl (C=O) groups is 1. The lowest BCUT2D eigenvalue weighted by atomic mass is 10.0. The second-order valence-corrected chi connectivity index (χ2v) is 7.30. The van der Waals surface area contributed by atoms with Gasteiger partial charge in [0.2, 0.25) is 0 Å². The number of hydrogen-bond acceptors (Lipinski definition) is 5. The molecule has 3 aromatic rings. The maximum Gasteiger partial charge on any atom is 0.253 e. The van der Waals surface area contributed by atoms with E-state index in [1.165, 1.54) is 0 Å². The van der Waals surface area contributed by atoms with E-state index in [0.717, 1.165) is 22.6 Å². The third kappa shape index (κ3) is 3.77. The van der Waals surface area contributed by atoms with E-state index >= 15 is 0 Å². The van der Waals surface area contributed by atoms with Gasteiger partial charge in [-0.05, 0) is 42.3 Å². The van der Waals surface area contributed by atoms with Gasteiger partial charge in [-0.1, -0.05) is 29.4 Å². The molecule has 1 aliphatic rings. The van der Waals surface area contributed by atoms with E-state index in [1.807, 2.05) is 43.3 Å². The Morgan fingerprint density at radius 2 is 1.93 bits per heavy atom. The monoisotopic (exact) mass is 378 g/mol. The normalized spacial score (nSPS) is 19.1. The van der Waals surface area contributed by atoms with E-state index in [4.69, 9.17) is 4.52 Å². The van der Waals surface area contributed by atoms with Crippen molar-refractivity contribution >= 4 is 5.91 Å². The van der Waals surface area contributed by atoms with E-state index in [-0.39, 0.29) is 17.6 Å². The second-order valence-electron chi connectivity index (χ2n) is 7.30. The second kappa shape index (κ2) is 7.48. The van der Waals surface area contributed by atoms with Gasteiger partial charge in [0, 0.05) is 37.1 Å². The lowest BCUT2D eigenvalue weighted by Gasteiger charge is -2.16. The standard InChI is InChI=1S/C22H22N2O4/c1-14-9-20(28-23-14)11-18-12-24(13-21(18)26)22(27)17-4-2-3-16(10-17)15-5-7-19(25)8-6-15/h2-10,18,21,25-26H,11-13H2,1H3/t18-,21+/m1/s1. The molecule has 1 aliphatic heterocycles. The minimum atomic E-state index is -0.588. The predicted molar refractivity (Wildman–Crippen MR) is 104 cm³/mol. The summed E-state index contributed by atoms with van der Waals surface area (Å²) in [6.07, 6.45) is -0.0334. The van der Waals surface area contributed by atoms with Crippen molar-refractivity contribution < 1.29 is 19.5 Å². The first kappa shape index (κ1) is 18.3. The molecule has 144 valence electrons. The highest BCUT2D eigenvalue weighted by Crippen LogP contribution is 2.26. The molecule has 0 spiro atoms. The summed E-state index contributed by atoms with van der Waals surface area (Å²) in [5.41, 5.74) is 3.21. The topological polar surface area (TPSA) is 86.8 Å². The van der Waals surface area contributed by atoms with Gasteiger partial charge >= 0.3 is 0 Å². The van der Waals surface area contributed by atoms with Crippen LogP contribution in [0.15, 0.2) is 59.1 Å². The average molecular weight is 378 g/mol. The Morgan fingerprint density at radius 1 is 1.14 bits per heavy atom. The fraction of sp³-hybridized carbons (Fsp3) is 0.273. The number of aromatic nitrogens is 1. The van der Waals surface area contributed by atoms with Crippen LogP contribution in [0.1, 0.15) is 21.8 Å². The third-order valence-electron chi connectivity index (χ3n) is 5.14. The summed E-state index contributed by atoms with van der Waals surface area (Å²) in [5, 5.41) is 23.7. The Kier molecular flexibility index (Phi) is 4.88. The molecule has 2 atom stereocenters. The van der Waals surface area contributed by atoms with Crippen molar-refractivity contribution in [2.45, 2.75) is 19.4 Å². The molecule has 6 nitrogen and oxygen atoms in total. The van der Waals surface area contributed by atoms with Crippen molar-refractivity contribution in [1.29, 1.82) is 0 Å². The number of aromatic hydroxyl groups is 1. The van der Waals surface area contributed by atoms with Crippen LogP contribution in [0.2, 0.25) is 0 Å². The number of hydrogen-bond donors (Lipinski definition) is 2. The Hall–Kier alpha value is -3.12. The molecule has 4 rings (SSSR count). The zero-order valence-corrected chi connectivity index (χ0v) is 15.6. The number of aliphatic hydroxyl groups excluding tert-OH is 1. The smallest absolute Gasteiger partial charge is 0.253 e. The first-order valence-corrected chi connectivity index (χ1v) is 9.28. The Bertz CT molecular complexity index is 980. The molecule has 0 aliphatic carbocycles. The SMILES string of the molecule is Cc1cc(C[C@@H]2CN(C(=O)c3cccc(-c4ccc(O)cc4)c3)C[C@@H]2O)on1. The van der Waals surface area contributed by atoms with Crippen molar-refractivity contribution in [3.8, 4) is 16.9 Å². The molecule has 28 heavy (non-hydrogen) atoms. The summed E-state index contributed by atoms with van der Waals surface area (Å²) in [4.78, 5) is 14.7. The Balaban J connectivity index is 1.48. The van der Waals surface area contributed by atoms with E-state index in [2.05, 4.69) is 5.16 Å². The van der Waals surface area contributed by atoms with Gasteiger partial charge in [-0.15, -0.1) is 0 Å². The lowest BCUT2D eigenvalue weighted by Crippen LogP contribution is -2.29. The molecule has 2 N–H and O–H groups in total. The molecule has 1 fully saturated rings. The van der Waals surface area contributed by atoms with Gasteiger partial charge in [0.15, 0.2) is 0 Å². The van der Waals surface area contributed by atoms with Crippen molar-refractivity contribution in [2.75, 3.05) is 13.1 Å². The van der Waals surface area contributed by atoms with Crippen molar-refractivity contribution in [3.63, 3.8) is 0 Å². The minimum Gasteiger partial charge on any atom is -0.508 e. The van der Waals surface area contributed by atoms with Crippen molar-refractivity contribution in [1.82, 2.24) is 10.1 Å².